The van der Waals surface area contributed by atoms with Crippen molar-refractivity contribution in [3.63, 3.8) is 0 Å². The Morgan fingerprint density at radius 2 is 1.21 bits per heavy atom. The van der Waals surface area contributed by atoms with Gasteiger partial charge in [0, 0.05) is 50.6 Å². The molecule has 0 aromatic heterocycles. The van der Waals surface area contributed by atoms with Gasteiger partial charge in [-0.15, -0.1) is 0 Å². The van der Waals surface area contributed by atoms with Crippen molar-refractivity contribution in [3.05, 3.63) is 0 Å². The number of carboxylic acid groups (broad SMARTS) is 2. The molecule has 9 heteroatoms. The summed E-state index contributed by atoms with van der Waals surface area (Å²) in [6, 6.07) is -1.28. The first-order valence-corrected chi connectivity index (χ1v) is 5.44. The van der Waals surface area contributed by atoms with Crippen LogP contribution in [0, 0.1) is 0 Å². The molecule has 2 rings (SSSR count). The number of rotatable bonds is 2. The first-order valence-electron chi connectivity index (χ1n) is 5.44. The fraction of sp³-hybridized carbons (Fsp3) is 0.600. The van der Waals surface area contributed by atoms with Gasteiger partial charge in [-0.3, -0.25) is 9.59 Å². The second-order valence-electron chi connectivity index (χ2n) is 3.99. The van der Waals surface area contributed by atoms with E-state index in [1.807, 2.05) is 0 Å². The van der Waals surface area contributed by atoms with Crippen LogP contribution in [0.2, 0.25) is 0 Å². The summed E-state index contributed by atoms with van der Waals surface area (Å²) in [5.41, 5.74) is 0. The van der Waals surface area contributed by atoms with Gasteiger partial charge in [0.1, 0.15) is 12.1 Å². The Balaban J connectivity index is 0.000000324. The number of carbonyl (C=O) groups excluding carboxylic acids is 2. The van der Waals surface area contributed by atoms with Crippen molar-refractivity contribution >= 4 is 61.5 Å². The minimum Gasteiger partial charge on any atom is -0.480 e. The summed E-state index contributed by atoms with van der Waals surface area (Å²) < 4.78 is 0. The smallest absolute Gasteiger partial charge is 0.326 e. The Labute approximate surface area is 138 Å². The molecular weight excluding hydrogens is 284 g/mol. The van der Waals surface area contributed by atoms with Gasteiger partial charge in [-0.1, -0.05) is 0 Å². The average molecular weight is 298 g/mol. The molecule has 0 bridgehead atoms. The van der Waals surface area contributed by atoms with Crippen LogP contribution in [-0.2, 0) is 19.2 Å². The average Bonchev–Trinajstić information content (AvgIpc) is 2.88. The van der Waals surface area contributed by atoms with E-state index in [-0.39, 0.29) is 49.6 Å². The van der Waals surface area contributed by atoms with Crippen LogP contribution in [0.1, 0.15) is 25.7 Å². The number of carboxylic acids is 2. The third kappa shape index (κ3) is 6.22. The van der Waals surface area contributed by atoms with Gasteiger partial charge < -0.3 is 20.8 Å². The van der Waals surface area contributed by atoms with Crippen molar-refractivity contribution in [2.75, 3.05) is 0 Å². The van der Waals surface area contributed by atoms with Crippen molar-refractivity contribution in [1.29, 1.82) is 0 Å². The molecule has 19 heavy (non-hydrogen) atoms. The van der Waals surface area contributed by atoms with Gasteiger partial charge in [0.25, 0.3) is 0 Å². The molecule has 2 radical (unpaired) electrons. The molecule has 2 fully saturated rings. The molecule has 0 unspecified atom stereocenters. The van der Waals surface area contributed by atoms with E-state index in [4.69, 9.17) is 10.2 Å². The Morgan fingerprint density at radius 1 is 0.895 bits per heavy atom. The van der Waals surface area contributed by atoms with E-state index in [2.05, 4.69) is 10.6 Å². The number of carbonyl (C=O) groups is 4. The Hall–Kier alpha value is -0.860. The van der Waals surface area contributed by atoms with E-state index >= 15 is 0 Å². The molecule has 0 aromatic carbocycles. The summed E-state index contributed by atoms with van der Waals surface area (Å²) in [7, 11) is 0. The normalized spacial score (nSPS) is 24.4. The standard InChI is InChI=1S/2C5H7NO3.Ca/c2*7-4-2-1-3(6-4)5(8)9;/h2*3H,1-2H2,(H,6,7)(H,8,9);/t2*3-;/m00./s1. The third-order valence-corrected chi connectivity index (χ3v) is 2.59. The van der Waals surface area contributed by atoms with Gasteiger partial charge in [0.2, 0.25) is 11.8 Å². The Morgan fingerprint density at radius 3 is 1.32 bits per heavy atom. The summed E-state index contributed by atoms with van der Waals surface area (Å²) in [4.78, 5) is 41.0. The summed E-state index contributed by atoms with van der Waals surface area (Å²) in [6.45, 7) is 0. The van der Waals surface area contributed by atoms with E-state index in [1.165, 1.54) is 0 Å². The van der Waals surface area contributed by atoms with E-state index < -0.39 is 24.0 Å². The molecule has 2 aliphatic rings. The molecule has 4 N–H and O–H groups in total. The number of hydrogen-bond donors (Lipinski definition) is 4. The van der Waals surface area contributed by atoms with Crippen LogP contribution in [0.25, 0.3) is 0 Å². The zero-order valence-corrected chi connectivity index (χ0v) is 12.4. The molecular formula is C10H14CaN2O6. The molecule has 8 nitrogen and oxygen atoms in total. The summed E-state index contributed by atoms with van der Waals surface area (Å²) in [5.74, 6) is -2.22. The number of aliphatic carboxylic acids is 2. The molecule has 102 valence electrons. The van der Waals surface area contributed by atoms with Gasteiger partial charge in [0.05, 0.1) is 0 Å². The van der Waals surface area contributed by atoms with Gasteiger partial charge in [-0.2, -0.15) is 0 Å². The third-order valence-electron chi connectivity index (χ3n) is 2.59. The van der Waals surface area contributed by atoms with E-state index in [1.54, 1.807) is 0 Å². The zero-order chi connectivity index (χ0) is 13.7. The van der Waals surface area contributed by atoms with Crippen LogP contribution >= 0.6 is 0 Å². The topological polar surface area (TPSA) is 133 Å². The van der Waals surface area contributed by atoms with E-state index in [0.717, 1.165) is 0 Å². The van der Waals surface area contributed by atoms with Gasteiger partial charge in [-0.25, -0.2) is 9.59 Å². The predicted molar refractivity (Wildman–Crippen MR) is 63.4 cm³/mol. The molecule has 0 aliphatic carbocycles. The van der Waals surface area contributed by atoms with Gasteiger partial charge in [-0.05, 0) is 12.8 Å². The molecule has 2 amide bonds. The summed E-state index contributed by atoms with van der Waals surface area (Å²) >= 11 is 0. The quantitative estimate of drug-likeness (QED) is 0.450. The van der Waals surface area contributed by atoms with Crippen LogP contribution in [0.15, 0.2) is 0 Å². The molecule has 2 atom stereocenters. The minimum atomic E-state index is -0.944. The number of hydrogen-bond acceptors (Lipinski definition) is 4. The van der Waals surface area contributed by atoms with Gasteiger partial charge >= 0.3 is 11.9 Å². The largest absolute Gasteiger partial charge is 0.480 e. The molecule has 0 aromatic rings. The first-order chi connectivity index (χ1) is 8.40. The Kier molecular flexibility index (Phi) is 7.96. The number of nitrogens with one attached hydrogen (secondary N) is 2. The maximum Gasteiger partial charge on any atom is 0.326 e. The molecule has 0 spiro atoms. The fourth-order valence-corrected chi connectivity index (χ4v) is 1.60. The molecule has 2 aliphatic heterocycles. The van der Waals surface area contributed by atoms with Gasteiger partial charge in [0.15, 0.2) is 0 Å². The molecule has 0 saturated carbocycles. The van der Waals surface area contributed by atoms with Crippen LogP contribution in [0.4, 0.5) is 0 Å². The monoisotopic (exact) mass is 298 g/mol. The number of amides is 2. The van der Waals surface area contributed by atoms with Crippen LogP contribution in [0.5, 0.6) is 0 Å². The second-order valence-corrected chi connectivity index (χ2v) is 3.99. The van der Waals surface area contributed by atoms with Crippen LogP contribution in [-0.4, -0.2) is 83.8 Å². The molecule has 2 saturated heterocycles. The van der Waals surface area contributed by atoms with Crippen molar-refractivity contribution in [2.45, 2.75) is 37.8 Å². The maximum absolute atomic E-state index is 10.4. The maximum atomic E-state index is 10.4. The summed E-state index contributed by atoms with van der Waals surface area (Å²) in [5, 5.41) is 21.3. The predicted octanol–water partition coefficient (Wildman–Crippen LogP) is -1.68. The van der Waals surface area contributed by atoms with Crippen LogP contribution in [0.3, 0.4) is 0 Å². The van der Waals surface area contributed by atoms with Crippen molar-refractivity contribution in [3.8, 4) is 0 Å². The minimum absolute atomic E-state index is 0. The zero-order valence-electron chi connectivity index (χ0n) is 10.2. The SMILES string of the molecule is O=C1CC[C@@H](C(=O)O)N1.O=C1CC[C@@H](C(=O)O)N1.[Ca]. The first kappa shape index (κ1) is 18.1. The fourth-order valence-electron chi connectivity index (χ4n) is 1.60. The summed E-state index contributed by atoms with van der Waals surface area (Å²) in [6.07, 6.45) is 1.54. The Bertz CT molecular complexity index is 350. The van der Waals surface area contributed by atoms with Crippen molar-refractivity contribution in [2.24, 2.45) is 0 Å². The van der Waals surface area contributed by atoms with Crippen molar-refractivity contribution in [1.82, 2.24) is 10.6 Å². The van der Waals surface area contributed by atoms with E-state index in [0.29, 0.717) is 25.7 Å². The van der Waals surface area contributed by atoms with E-state index in [9.17, 15) is 19.2 Å². The van der Waals surface area contributed by atoms with Crippen molar-refractivity contribution < 1.29 is 29.4 Å². The molecule has 2 heterocycles. The second kappa shape index (κ2) is 8.34. The van der Waals surface area contributed by atoms with Crippen LogP contribution < -0.4 is 10.6 Å².